The molecular weight excluding hydrogens is 248 g/mol. The van der Waals surface area contributed by atoms with Gasteiger partial charge in [0.2, 0.25) is 5.95 Å². The fourth-order valence-electron chi connectivity index (χ4n) is 2.25. The molecule has 0 amide bonds. The van der Waals surface area contributed by atoms with E-state index in [2.05, 4.69) is 20.9 Å². The van der Waals surface area contributed by atoms with Crippen LogP contribution in [0.15, 0.2) is 30.6 Å². The molecule has 0 radical (unpaired) electrons. The fourth-order valence-corrected chi connectivity index (χ4v) is 2.34. The highest BCUT2D eigenvalue weighted by molar-refractivity contribution is 6.30. The van der Waals surface area contributed by atoms with E-state index in [0.29, 0.717) is 11.0 Å². The van der Waals surface area contributed by atoms with Gasteiger partial charge in [0.25, 0.3) is 0 Å². The third-order valence-electron chi connectivity index (χ3n) is 3.20. The first kappa shape index (κ1) is 11.3. The number of nitrogens with two attached hydrogens (primary N) is 1. The molecule has 0 aliphatic carbocycles. The van der Waals surface area contributed by atoms with Gasteiger partial charge in [0.1, 0.15) is 0 Å². The average Bonchev–Trinajstić information content (AvgIpc) is 2.40. The van der Waals surface area contributed by atoms with Crippen LogP contribution in [0.4, 0.5) is 11.6 Å². The lowest BCUT2D eigenvalue weighted by Gasteiger charge is -2.29. The number of nitrogens with zero attached hydrogens (tertiary/aromatic N) is 3. The Labute approximate surface area is 110 Å². The first-order chi connectivity index (χ1) is 8.74. The molecular formula is C13H13ClN4. The van der Waals surface area contributed by atoms with E-state index < -0.39 is 0 Å². The summed E-state index contributed by atoms with van der Waals surface area (Å²) in [7, 11) is 0. The Morgan fingerprint density at radius 2 is 2.00 bits per heavy atom. The van der Waals surface area contributed by atoms with Crippen molar-refractivity contribution in [3.8, 4) is 0 Å². The Morgan fingerprint density at radius 3 is 2.78 bits per heavy atom. The summed E-state index contributed by atoms with van der Waals surface area (Å²) in [6, 6.07) is 6.07. The van der Waals surface area contributed by atoms with Gasteiger partial charge in [0, 0.05) is 18.8 Å². The van der Waals surface area contributed by atoms with Crippen LogP contribution in [0.1, 0.15) is 11.1 Å². The van der Waals surface area contributed by atoms with Crippen molar-refractivity contribution in [3.63, 3.8) is 0 Å². The van der Waals surface area contributed by atoms with Gasteiger partial charge in [-0.15, -0.1) is 0 Å². The second kappa shape index (κ2) is 4.46. The van der Waals surface area contributed by atoms with Gasteiger partial charge in [0.15, 0.2) is 0 Å². The van der Waals surface area contributed by atoms with E-state index in [1.165, 1.54) is 11.1 Å². The SMILES string of the molecule is Nc1cccc2c1CN(c1ncc(Cl)cn1)CC2. The van der Waals surface area contributed by atoms with Gasteiger partial charge >= 0.3 is 0 Å². The first-order valence-corrected chi connectivity index (χ1v) is 6.20. The lowest BCUT2D eigenvalue weighted by atomic mass is 9.98. The molecule has 2 heterocycles. The van der Waals surface area contributed by atoms with E-state index >= 15 is 0 Å². The predicted molar refractivity (Wildman–Crippen MR) is 72.7 cm³/mol. The molecule has 0 bridgehead atoms. The minimum absolute atomic E-state index is 0.552. The first-order valence-electron chi connectivity index (χ1n) is 5.83. The highest BCUT2D eigenvalue weighted by atomic mass is 35.5. The molecule has 0 saturated carbocycles. The molecule has 3 rings (SSSR count). The van der Waals surface area contributed by atoms with Crippen molar-refractivity contribution in [2.75, 3.05) is 17.2 Å². The molecule has 2 N–H and O–H groups in total. The maximum atomic E-state index is 6.02. The highest BCUT2D eigenvalue weighted by Gasteiger charge is 2.19. The topological polar surface area (TPSA) is 55.0 Å². The van der Waals surface area contributed by atoms with Crippen LogP contribution in [0, 0.1) is 0 Å². The maximum absolute atomic E-state index is 6.02. The number of fused-ring (bicyclic) bond motifs is 1. The van der Waals surface area contributed by atoms with Crippen molar-refractivity contribution in [1.29, 1.82) is 0 Å². The van der Waals surface area contributed by atoms with Gasteiger partial charge in [-0.25, -0.2) is 9.97 Å². The molecule has 1 aromatic carbocycles. The monoisotopic (exact) mass is 260 g/mol. The Hall–Kier alpha value is -1.81. The van der Waals surface area contributed by atoms with Crippen molar-refractivity contribution in [2.24, 2.45) is 0 Å². The lowest BCUT2D eigenvalue weighted by Crippen LogP contribution is -2.32. The summed E-state index contributed by atoms with van der Waals surface area (Å²) in [5.74, 6) is 0.702. The van der Waals surface area contributed by atoms with Crippen molar-refractivity contribution >= 4 is 23.2 Å². The van der Waals surface area contributed by atoms with Crippen LogP contribution in [0.5, 0.6) is 0 Å². The number of rotatable bonds is 1. The second-order valence-electron chi connectivity index (χ2n) is 4.36. The third kappa shape index (κ3) is 1.99. The summed E-state index contributed by atoms with van der Waals surface area (Å²) in [6.07, 6.45) is 4.20. The van der Waals surface area contributed by atoms with E-state index in [-0.39, 0.29) is 0 Å². The predicted octanol–water partition coefficient (Wildman–Crippen LogP) is 2.27. The highest BCUT2D eigenvalue weighted by Crippen LogP contribution is 2.26. The normalized spacial score (nSPS) is 14.4. The number of halogens is 1. The molecule has 0 unspecified atom stereocenters. The number of nitrogen functional groups attached to an aromatic ring is 1. The van der Waals surface area contributed by atoms with E-state index in [1.807, 2.05) is 12.1 Å². The van der Waals surface area contributed by atoms with Gasteiger partial charge in [-0.1, -0.05) is 23.7 Å². The number of hydrogen-bond acceptors (Lipinski definition) is 4. The molecule has 0 saturated heterocycles. The van der Waals surface area contributed by atoms with E-state index in [9.17, 15) is 0 Å². The Bertz CT molecular complexity index is 568. The molecule has 0 atom stereocenters. The molecule has 1 aromatic heterocycles. The molecule has 1 aliphatic heterocycles. The Balaban J connectivity index is 1.90. The van der Waals surface area contributed by atoms with Crippen molar-refractivity contribution < 1.29 is 0 Å². The van der Waals surface area contributed by atoms with Crippen LogP contribution in [-0.4, -0.2) is 16.5 Å². The zero-order valence-electron chi connectivity index (χ0n) is 9.81. The smallest absolute Gasteiger partial charge is 0.225 e. The minimum atomic E-state index is 0.552. The van der Waals surface area contributed by atoms with E-state index in [4.69, 9.17) is 17.3 Å². The summed E-state index contributed by atoms with van der Waals surface area (Å²) in [4.78, 5) is 10.6. The van der Waals surface area contributed by atoms with Gasteiger partial charge in [0.05, 0.1) is 17.4 Å². The fraction of sp³-hybridized carbons (Fsp3) is 0.231. The number of benzene rings is 1. The van der Waals surface area contributed by atoms with E-state index in [0.717, 1.165) is 25.2 Å². The summed E-state index contributed by atoms with van der Waals surface area (Å²) in [5.41, 5.74) is 9.36. The molecule has 1 aliphatic rings. The van der Waals surface area contributed by atoms with Gasteiger partial charge in [-0.05, 0) is 23.6 Å². The van der Waals surface area contributed by atoms with Crippen molar-refractivity contribution in [3.05, 3.63) is 46.7 Å². The zero-order chi connectivity index (χ0) is 12.5. The van der Waals surface area contributed by atoms with Crippen molar-refractivity contribution in [2.45, 2.75) is 13.0 Å². The molecule has 0 fully saturated rings. The third-order valence-corrected chi connectivity index (χ3v) is 3.39. The quantitative estimate of drug-likeness (QED) is 0.800. The van der Waals surface area contributed by atoms with Gasteiger partial charge in [-0.2, -0.15) is 0 Å². The largest absolute Gasteiger partial charge is 0.398 e. The average molecular weight is 261 g/mol. The van der Waals surface area contributed by atoms with Crippen LogP contribution in [0.25, 0.3) is 0 Å². The molecule has 18 heavy (non-hydrogen) atoms. The molecule has 4 nitrogen and oxygen atoms in total. The Kier molecular flexibility index (Phi) is 2.80. The number of aromatic nitrogens is 2. The summed E-state index contributed by atoms with van der Waals surface area (Å²) >= 11 is 5.79. The summed E-state index contributed by atoms with van der Waals surface area (Å²) in [6.45, 7) is 1.65. The van der Waals surface area contributed by atoms with E-state index in [1.54, 1.807) is 12.4 Å². The lowest BCUT2D eigenvalue weighted by molar-refractivity contribution is 0.709. The van der Waals surface area contributed by atoms with Crippen molar-refractivity contribution in [1.82, 2.24) is 9.97 Å². The zero-order valence-corrected chi connectivity index (χ0v) is 10.6. The van der Waals surface area contributed by atoms with Crippen LogP contribution in [0.2, 0.25) is 5.02 Å². The van der Waals surface area contributed by atoms with Crippen LogP contribution < -0.4 is 10.6 Å². The van der Waals surface area contributed by atoms with Crippen LogP contribution >= 0.6 is 11.6 Å². The maximum Gasteiger partial charge on any atom is 0.225 e. The number of hydrogen-bond donors (Lipinski definition) is 1. The van der Waals surface area contributed by atoms with Crippen LogP contribution in [-0.2, 0) is 13.0 Å². The summed E-state index contributed by atoms with van der Waals surface area (Å²) in [5, 5.41) is 0.552. The minimum Gasteiger partial charge on any atom is -0.398 e. The number of anilines is 2. The Morgan fingerprint density at radius 1 is 1.22 bits per heavy atom. The molecule has 0 spiro atoms. The van der Waals surface area contributed by atoms with Gasteiger partial charge in [-0.3, -0.25) is 0 Å². The molecule has 2 aromatic rings. The standard InChI is InChI=1S/C13H13ClN4/c14-10-6-16-13(17-7-10)18-5-4-9-2-1-3-12(15)11(9)8-18/h1-3,6-7H,4-5,8,15H2. The second-order valence-corrected chi connectivity index (χ2v) is 4.79. The molecule has 5 heteroatoms. The van der Waals surface area contributed by atoms with Crippen LogP contribution in [0.3, 0.4) is 0 Å². The summed E-state index contributed by atoms with van der Waals surface area (Å²) < 4.78 is 0. The molecule has 92 valence electrons. The van der Waals surface area contributed by atoms with Gasteiger partial charge < -0.3 is 10.6 Å².